The summed E-state index contributed by atoms with van der Waals surface area (Å²) >= 11 is 6.08. The van der Waals surface area contributed by atoms with Gasteiger partial charge in [-0.15, -0.1) is 0 Å². The van der Waals surface area contributed by atoms with Gasteiger partial charge in [-0.25, -0.2) is 0 Å². The first kappa shape index (κ1) is 18.2. The molecule has 0 atom stereocenters. The fourth-order valence-electron chi connectivity index (χ4n) is 3.81. The molecule has 6 heteroatoms. The summed E-state index contributed by atoms with van der Waals surface area (Å²) in [5, 5.41) is 3.18. The smallest absolute Gasteiger partial charge is 0.258 e. The van der Waals surface area contributed by atoms with E-state index >= 15 is 0 Å². The predicted molar refractivity (Wildman–Crippen MR) is 127 cm³/mol. The van der Waals surface area contributed by atoms with E-state index in [4.69, 9.17) is 15.7 Å². The van der Waals surface area contributed by atoms with Crippen molar-refractivity contribution in [2.75, 3.05) is 16.8 Å². The molecule has 0 bridgehead atoms. The zero-order valence-corrected chi connectivity index (χ0v) is 18.5. The number of fused-ring (bicyclic) bond motifs is 1. The lowest BCUT2D eigenvalue weighted by molar-refractivity contribution is 0.0973. The lowest BCUT2D eigenvalue weighted by atomic mass is 10.0. The molecule has 4 rings (SSSR count). The summed E-state index contributed by atoms with van der Waals surface area (Å²) in [5.41, 5.74) is 2.97. The average Bonchev–Trinajstić information content (AvgIpc) is 2.98. The van der Waals surface area contributed by atoms with Gasteiger partial charge < -0.3 is 10.2 Å². The fraction of sp³-hybridized carbons (Fsp3) is 0.192. The maximum absolute atomic E-state index is 13.5. The highest BCUT2D eigenvalue weighted by atomic mass is 35.5. The SMILES string of the molecule is [2H]c1cc(C(=O)Nc2ccc(C(=O)N3CCCC(=O)c4cc(Cl)ccc43)c(C)c2)c(C)c([2H])c1[2H]. The molecule has 0 unspecified atom stereocenters. The molecule has 162 valence electrons. The minimum absolute atomic E-state index is 0.0481. The normalized spacial score (nSPS) is 14.7. The van der Waals surface area contributed by atoms with Crippen molar-refractivity contribution in [1.29, 1.82) is 0 Å². The molecule has 0 spiro atoms. The summed E-state index contributed by atoms with van der Waals surface area (Å²) in [6.07, 6.45) is 0.873. The number of benzene rings is 3. The van der Waals surface area contributed by atoms with E-state index in [0.29, 0.717) is 58.0 Å². The first-order chi connectivity index (χ1) is 16.6. The van der Waals surface area contributed by atoms with Crippen molar-refractivity contribution in [2.24, 2.45) is 0 Å². The number of ketones is 1. The molecule has 0 radical (unpaired) electrons. The number of nitrogens with zero attached hydrogens (tertiary/aromatic N) is 1. The summed E-state index contributed by atoms with van der Waals surface area (Å²) in [6, 6.07) is 10.6. The molecule has 5 nitrogen and oxygen atoms in total. The molecule has 3 aromatic carbocycles. The average molecular weight is 450 g/mol. The van der Waals surface area contributed by atoms with E-state index in [1.165, 1.54) is 6.07 Å². The molecule has 3 aromatic rings. The highest BCUT2D eigenvalue weighted by Gasteiger charge is 2.27. The zero-order chi connectivity index (χ0) is 25.4. The van der Waals surface area contributed by atoms with Gasteiger partial charge in [-0.2, -0.15) is 0 Å². The van der Waals surface area contributed by atoms with Crippen LogP contribution in [0.4, 0.5) is 11.4 Å². The van der Waals surface area contributed by atoms with Gasteiger partial charge in [0, 0.05) is 40.4 Å². The fourth-order valence-corrected chi connectivity index (χ4v) is 3.98. The van der Waals surface area contributed by atoms with E-state index in [0.717, 1.165) is 0 Å². The van der Waals surface area contributed by atoms with Gasteiger partial charge in [0.15, 0.2) is 5.78 Å². The quantitative estimate of drug-likeness (QED) is 0.546. The van der Waals surface area contributed by atoms with Crippen LogP contribution in [0.2, 0.25) is 5.02 Å². The van der Waals surface area contributed by atoms with E-state index in [1.807, 2.05) is 0 Å². The highest BCUT2D eigenvalue weighted by Crippen LogP contribution is 2.31. The molecule has 0 saturated heterocycles. The Hall–Kier alpha value is -3.44. The predicted octanol–water partition coefficient (Wildman–Crippen LogP) is 5.83. The minimum Gasteiger partial charge on any atom is -0.322 e. The van der Waals surface area contributed by atoms with Crippen LogP contribution in [0.25, 0.3) is 0 Å². The molecule has 0 fully saturated rings. The van der Waals surface area contributed by atoms with Gasteiger partial charge >= 0.3 is 0 Å². The third-order valence-corrected chi connectivity index (χ3v) is 5.72. The van der Waals surface area contributed by atoms with Crippen molar-refractivity contribution in [3.8, 4) is 0 Å². The van der Waals surface area contributed by atoms with Crippen LogP contribution in [0, 0.1) is 13.8 Å². The summed E-state index contributed by atoms with van der Waals surface area (Å²) in [5.74, 6) is -0.800. The van der Waals surface area contributed by atoms with Crippen LogP contribution in [0.1, 0.15) is 59.2 Å². The van der Waals surface area contributed by atoms with Crippen molar-refractivity contribution in [3.63, 3.8) is 0 Å². The Morgan fingerprint density at radius 2 is 1.84 bits per heavy atom. The van der Waals surface area contributed by atoms with E-state index in [-0.39, 0.29) is 35.4 Å². The second-order valence-electron chi connectivity index (χ2n) is 7.71. The Kier molecular flexibility index (Phi) is 5.09. The van der Waals surface area contributed by atoms with Crippen molar-refractivity contribution in [1.82, 2.24) is 0 Å². The number of Topliss-reactive ketones (excluding diaryl/α,β-unsaturated/α-hetero) is 1. The molecule has 1 heterocycles. The summed E-state index contributed by atoms with van der Waals surface area (Å²) in [4.78, 5) is 40.4. The van der Waals surface area contributed by atoms with Gasteiger partial charge in [-0.05, 0) is 73.9 Å². The summed E-state index contributed by atoms with van der Waals surface area (Å²) < 4.78 is 23.5. The van der Waals surface area contributed by atoms with E-state index in [1.54, 1.807) is 55.1 Å². The molecular formula is C26H23ClN2O3. The van der Waals surface area contributed by atoms with Crippen LogP contribution in [0.5, 0.6) is 0 Å². The number of carbonyl (C=O) groups is 3. The number of hydrogen-bond donors (Lipinski definition) is 1. The second-order valence-corrected chi connectivity index (χ2v) is 8.14. The molecule has 0 aromatic heterocycles. The second kappa shape index (κ2) is 8.97. The number of rotatable bonds is 3. The van der Waals surface area contributed by atoms with E-state index in [9.17, 15) is 14.4 Å². The molecule has 1 N–H and O–H groups in total. The van der Waals surface area contributed by atoms with Crippen LogP contribution in [-0.2, 0) is 0 Å². The third kappa shape index (κ3) is 4.30. The lowest BCUT2D eigenvalue weighted by Crippen LogP contribution is -2.32. The number of nitrogens with one attached hydrogen (secondary N) is 1. The maximum atomic E-state index is 13.5. The first-order valence-corrected chi connectivity index (χ1v) is 10.6. The molecule has 0 saturated carbocycles. The molecule has 2 amide bonds. The number of hydrogen-bond acceptors (Lipinski definition) is 3. The van der Waals surface area contributed by atoms with Gasteiger partial charge in [-0.3, -0.25) is 14.4 Å². The number of carbonyl (C=O) groups excluding carboxylic acids is 3. The molecular weight excluding hydrogens is 424 g/mol. The van der Waals surface area contributed by atoms with Crippen LogP contribution in [0.3, 0.4) is 0 Å². The third-order valence-electron chi connectivity index (χ3n) is 5.48. The van der Waals surface area contributed by atoms with Crippen molar-refractivity contribution in [3.05, 3.63) is 93.4 Å². The Balaban J connectivity index is 1.61. The number of amides is 2. The van der Waals surface area contributed by atoms with Crippen molar-refractivity contribution < 1.29 is 18.5 Å². The van der Waals surface area contributed by atoms with Gasteiger partial charge in [-0.1, -0.05) is 29.7 Å². The Labute approximate surface area is 196 Å². The lowest BCUT2D eigenvalue weighted by Gasteiger charge is -2.23. The monoisotopic (exact) mass is 449 g/mol. The van der Waals surface area contributed by atoms with Gasteiger partial charge in [0.05, 0.1) is 9.80 Å². The van der Waals surface area contributed by atoms with Crippen molar-refractivity contribution >= 4 is 40.6 Å². The van der Waals surface area contributed by atoms with E-state index < -0.39 is 5.91 Å². The Bertz CT molecular complexity index is 1390. The minimum atomic E-state index is -0.500. The Morgan fingerprint density at radius 1 is 1.03 bits per heavy atom. The van der Waals surface area contributed by atoms with Crippen molar-refractivity contribution in [2.45, 2.75) is 26.7 Å². The van der Waals surface area contributed by atoms with Crippen LogP contribution >= 0.6 is 11.6 Å². The molecule has 32 heavy (non-hydrogen) atoms. The number of anilines is 2. The first-order valence-electron chi connectivity index (χ1n) is 11.7. The number of aryl methyl sites for hydroxylation is 1. The summed E-state index contributed by atoms with van der Waals surface area (Å²) in [7, 11) is 0. The Morgan fingerprint density at radius 3 is 2.62 bits per heavy atom. The summed E-state index contributed by atoms with van der Waals surface area (Å²) in [6.45, 7) is 3.73. The topological polar surface area (TPSA) is 66.5 Å². The van der Waals surface area contributed by atoms with Gasteiger partial charge in [0.1, 0.15) is 0 Å². The highest BCUT2D eigenvalue weighted by molar-refractivity contribution is 6.31. The van der Waals surface area contributed by atoms with E-state index in [2.05, 4.69) is 5.32 Å². The van der Waals surface area contributed by atoms with Crippen LogP contribution < -0.4 is 10.2 Å². The largest absolute Gasteiger partial charge is 0.322 e. The van der Waals surface area contributed by atoms with Gasteiger partial charge in [0.2, 0.25) is 0 Å². The molecule has 0 aliphatic carbocycles. The van der Waals surface area contributed by atoms with Crippen LogP contribution in [-0.4, -0.2) is 24.1 Å². The van der Waals surface area contributed by atoms with Gasteiger partial charge in [0.25, 0.3) is 11.8 Å². The molecule has 1 aliphatic heterocycles. The molecule has 1 aliphatic rings. The zero-order valence-electron chi connectivity index (χ0n) is 20.7. The standard InChI is InChI=1S/C26H23ClN2O3/c1-16-6-3-4-7-20(16)25(31)28-19-10-11-21(17(2)14-19)26(32)29-13-5-8-24(30)22-15-18(27)9-12-23(22)29/h3-4,6-7,9-12,14-15H,5,8,13H2,1-2H3,(H,28,31)/i3D,4D,6D. The van der Waals surface area contributed by atoms with Crippen LogP contribution in [0.15, 0.2) is 60.6 Å². The maximum Gasteiger partial charge on any atom is 0.258 e. The number of halogens is 1.